The second kappa shape index (κ2) is 8.15. The van der Waals surface area contributed by atoms with Gasteiger partial charge in [-0.05, 0) is 44.4 Å². The van der Waals surface area contributed by atoms with Gasteiger partial charge in [0.05, 0.1) is 10.6 Å². The molecule has 0 unspecified atom stereocenters. The molecule has 3 heterocycles. The SMILES string of the molecule is Cc1sc(-c2nnc(C(=O)N3CCCCC3)o2)cc1S(=O)(=O)Nc1ccccc1F. The Hall–Kier alpha value is -2.79. The maximum atomic E-state index is 13.8. The average Bonchev–Trinajstić information content (AvgIpc) is 3.37. The van der Waals surface area contributed by atoms with Crippen molar-refractivity contribution in [1.82, 2.24) is 15.1 Å². The molecule has 1 aromatic carbocycles. The van der Waals surface area contributed by atoms with Crippen LogP contribution < -0.4 is 4.72 Å². The summed E-state index contributed by atoms with van der Waals surface area (Å²) in [5.41, 5.74) is -0.142. The largest absolute Gasteiger partial charge is 0.411 e. The number of rotatable bonds is 5. The number of para-hydroxylation sites is 1. The number of thiophene rings is 1. The second-order valence-electron chi connectivity index (χ2n) is 6.88. The summed E-state index contributed by atoms with van der Waals surface area (Å²) < 4.78 is 47.1. The van der Waals surface area contributed by atoms with Gasteiger partial charge in [0.15, 0.2) is 0 Å². The lowest BCUT2D eigenvalue weighted by atomic mass is 10.1. The zero-order valence-electron chi connectivity index (χ0n) is 16.1. The van der Waals surface area contributed by atoms with Crippen LogP contribution in [0, 0.1) is 12.7 Å². The van der Waals surface area contributed by atoms with Crippen molar-refractivity contribution < 1.29 is 22.0 Å². The summed E-state index contributed by atoms with van der Waals surface area (Å²) in [6.07, 6.45) is 2.96. The summed E-state index contributed by atoms with van der Waals surface area (Å²) in [6, 6.07) is 6.90. The topological polar surface area (TPSA) is 105 Å². The lowest BCUT2D eigenvalue weighted by Gasteiger charge is -2.24. The minimum atomic E-state index is -4.02. The molecule has 11 heteroatoms. The molecular weight excluding hydrogens is 431 g/mol. The van der Waals surface area contributed by atoms with Crippen molar-refractivity contribution in [2.75, 3.05) is 17.8 Å². The van der Waals surface area contributed by atoms with Gasteiger partial charge < -0.3 is 9.32 Å². The average molecular weight is 451 g/mol. The molecule has 1 fully saturated rings. The van der Waals surface area contributed by atoms with Crippen LogP contribution in [0.25, 0.3) is 10.8 Å². The van der Waals surface area contributed by atoms with Crippen LogP contribution in [0.3, 0.4) is 0 Å². The normalized spacial score (nSPS) is 14.7. The number of aryl methyl sites for hydroxylation is 1. The fourth-order valence-electron chi connectivity index (χ4n) is 3.22. The molecule has 30 heavy (non-hydrogen) atoms. The summed E-state index contributed by atoms with van der Waals surface area (Å²) in [7, 11) is -4.02. The number of hydrogen-bond acceptors (Lipinski definition) is 7. The molecule has 8 nitrogen and oxygen atoms in total. The first kappa shape index (κ1) is 20.5. The Bertz CT molecular complexity index is 1180. The number of benzene rings is 1. The van der Waals surface area contributed by atoms with E-state index in [1.54, 1.807) is 11.8 Å². The second-order valence-corrected chi connectivity index (χ2v) is 9.79. The first-order chi connectivity index (χ1) is 14.3. The molecule has 2 aromatic heterocycles. The molecule has 1 aliphatic rings. The van der Waals surface area contributed by atoms with E-state index in [1.165, 1.54) is 30.3 Å². The molecule has 0 bridgehead atoms. The number of carbonyl (C=O) groups excluding carboxylic acids is 1. The van der Waals surface area contributed by atoms with Crippen molar-refractivity contribution >= 4 is 33.0 Å². The molecule has 1 saturated heterocycles. The van der Waals surface area contributed by atoms with E-state index in [9.17, 15) is 17.6 Å². The Morgan fingerprint density at radius 2 is 1.93 bits per heavy atom. The Balaban J connectivity index is 1.58. The lowest BCUT2D eigenvalue weighted by Crippen LogP contribution is -2.35. The lowest BCUT2D eigenvalue weighted by molar-refractivity contribution is 0.0684. The summed E-state index contributed by atoms with van der Waals surface area (Å²) in [5, 5.41) is 7.74. The van der Waals surface area contributed by atoms with E-state index in [2.05, 4.69) is 14.9 Å². The van der Waals surface area contributed by atoms with E-state index >= 15 is 0 Å². The number of halogens is 1. The van der Waals surface area contributed by atoms with Crippen molar-refractivity contribution in [2.45, 2.75) is 31.1 Å². The summed E-state index contributed by atoms with van der Waals surface area (Å²) in [4.78, 5) is 15.0. The number of sulfonamides is 1. The van der Waals surface area contributed by atoms with Crippen molar-refractivity contribution in [1.29, 1.82) is 0 Å². The highest BCUT2D eigenvalue weighted by Gasteiger charge is 2.26. The Morgan fingerprint density at radius 3 is 2.67 bits per heavy atom. The highest BCUT2D eigenvalue weighted by Crippen LogP contribution is 2.34. The van der Waals surface area contributed by atoms with Crippen LogP contribution >= 0.6 is 11.3 Å². The fourth-order valence-corrected chi connectivity index (χ4v) is 5.80. The van der Waals surface area contributed by atoms with Crippen molar-refractivity contribution in [3.8, 4) is 10.8 Å². The highest BCUT2D eigenvalue weighted by molar-refractivity contribution is 7.93. The van der Waals surface area contributed by atoms with Gasteiger partial charge in [-0.2, -0.15) is 0 Å². The third kappa shape index (κ3) is 4.08. The Labute approximate surface area is 176 Å². The number of anilines is 1. The fraction of sp³-hybridized carbons (Fsp3) is 0.316. The molecule has 1 amide bonds. The smallest absolute Gasteiger partial charge is 0.311 e. The van der Waals surface area contributed by atoms with Gasteiger partial charge in [-0.3, -0.25) is 9.52 Å². The first-order valence-corrected chi connectivity index (χ1v) is 11.7. The van der Waals surface area contributed by atoms with Gasteiger partial charge in [0.2, 0.25) is 0 Å². The van der Waals surface area contributed by atoms with E-state index in [-0.39, 0.29) is 28.3 Å². The highest BCUT2D eigenvalue weighted by atomic mass is 32.2. The maximum absolute atomic E-state index is 13.8. The van der Waals surface area contributed by atoms with Crippen LogP contribution in [-0.4, -0.2) is 42.5 Å². The van der Waals surface area contributed by atoms with Gasteiger partial charge >= 0.3 is 11.8 Å². The molecule has 0 saturated carbocycles. The minimum Gasteiger partial charge on any atom is -0.411 e. The molecule has 3 aromatic rings. The number of aromatic nitrogens is 2. The molecule has 0 radical (unpaired) electrons. The number of amides is 1. The van der Waals surface area contributed by atoms with Gasteiger partial charge in [0.25, 0.3) is 15.9 Å². The number of nitrogens with zero attached hydrogens (tertiary/aromatic N) is 3. The number of likely N-dealkylation sites (tertiary alicyclic amines) is 1. The summed E-state index contributed by atoms with van der Waals surface area (Å²) in [5.74, 6) is -1.05. The van der Waals surface area contributed by atoms with Crippen LogP contribution in [0.15, 0.2) is 39.6 Å². The number of piperidine rings is 1. The standard InChI is InChI=1S/C19H19FN4O4S2/c1-12-16(30(26,27)23-14-8-4-3-7-13(14)20)11-15(29-12)17-21-22-18(28-17)19(25)24-9-5-2-6-10-24/h3-4,7-8,11,23H,2,5-6,9-10H2,1H3. The van der Waals surface area contributed by atoms with E-state index < -0.39 is 15.8 Å². The van der Waals surface area contributed by atoms with Crippen LogP contribution in [0.5, 0.6) is 0 Å². The van der Waals surface area contributed by atoms with E-state index in [1.807, 2.05) is 0 Å². The Kier molecular flexibility index (Phi) is 5.56. The van der Waals surface area contributed by atoms with Gasteiger partial charge in [-0.25, -0.2) is 12.8 Å². The van der Waals surface area contributed by atoms with Crippen molar-refractivity contribution in [2.24, 2.45) is 0 Å². The van der Waals surface area contributed by atoms with E-state index in [4.69, 9.17) is 4.42 Å². The predicted octanol–water partition coefficient (Wildman–Crippen LogP) is 3.67. The molecular formula is C19H19FN4O4S2. The molecule has 0 aliphatic carbocycles. The van der Waals surface area contributed by atoms with Gasteiger partial charge in [0, 0.05) is 18.0 Å². The third-order valence-electron chi connectivity index (χ3n) is 4.74. The first-order valence-electron chi connectivity index (χ1n) is 9.36. The molecule has 1 N–H and O–H groups in total. The predicted molar refractivity (Wildman–Crippen MR) is 109 cm³/mol. The summed E-state index contributed by atoms with van der Waals surface area (Å²) >= 11 is 1.14. The van der Waals surface area contributed by atoms with Gasteiger partial charge in [-0.15, -0.1) is 21.5 Å². The van der Waals surface area contributed by atoms with Crippen molar-refractivity contribution in [3.05, 3.63) is 46.9 Å². The molecule has 158 valence electrons. The van der Waals surface area contributed by atoms with Crippen LogP contribution in [0.4, 0.5) is 10.1 Å². The number of carbonyl (C=O) groups is 1. The van der Waals surface area contributed by atoms with E-state index in [0.29, 0.717) is 22.8 Å². The summed E-state index contributed by atoms with van der Waals surface area (Å²) in [6.45, 7) is 2.93. The number of hydrogen-bond donors (Lipinski definition) is 1. The molecule has 1 aliphatic heterocycles. The molecule has 0 atom stereocenters. The monoisotopic (exact) mass is 450 g/mol. The van der Waals surface area contributed by atoms with Gasteiger partial charge in [0.1, 0.15) is 10.7 Å². The zero-order chi connectivity index (χ0) is 21.3. The third-order valence-corrected chi connectivity index (χ3v) is 7.40. The van der Waals surface area contributed by atoms with Crippen molar-refractivity contribution in [3.63, 3.8) is 0 Å². The number of nitrogens with one attached hydrogen (secondary N) is 1. The Morgan fingerprint density at radius 1 is 1.20 bits per heavy atom. The maximum Gasteiger partial charge on any atom is 0.311 e. The van der Waals surface area contributed by atoms with Crippen LogP contribution in [0.2, 0.25) is 0 Å². The molecule has 0 spiro atoms. The van der Waals surface area contributed by atoms with E-state index in [0.717, 1.165) is 30.6 Å². The van der Waals surface area contributed by atoms with Gasteiger partial charge in [-0.1, -0.05) is 12.1 Å². The molecule has 4 rings (SSSR count). The minimum absolute atomic E-state index is 0.0205. The van der Waals surface area contributed by atoms with Crippen LogP contribution in [0.1, 0.15) is 34.8 Å². The zero-order valence-corrected chi connectivity index (χ0v) is 17.7. The quantitative estimate of drug-likeness (QED) is 0.636. The van der Waals surface area contributed by atoms with Crippen LogP contribution in [-0.2, 0) is 10.0 Å².